The number of benzene rings is 1. The van der Waals surface area contributed by atoms with Crippen molar-refractivity contribution in [2.75, 3.05) is 0 Å². The minimum absolute atomic E-state index is 0.192. The van der Waals surface area contributed by atoms with Crippen molar-refractivity contribution >= 4 is 12.0 Å². The van der Waals surface area contributed by atoms with E-state index in [9.17, 15) is 18.4 Å². The molecule has 5 heteroatoms. The molecule has 0 radical (unpaired) electrons. The summed E-state index contributed by atoms with van der Waals surface area (Å²) in [5, 5.41) is 0. The van der Waals surface area contributed by atoms with Gasteiger partial charge in [-0.1, -0.05) is 0 Å². The Hall–Kier alpha value is -1.87. The van der Waals surface area contributed by atoms with Crippen molar-refractivity contribution in [3.8, 4) is 0 Å². The minimum Gasteiger partial charge on any atom is -0.266 e. The van der Waals surface area contributed by atoms with Gasteiger partial charge >= 0.3 is 0 Å². The van der Waals surface area contributed by atoms with Crippen LogP contribution in [0.1, 0.15) is 10.4 Å². The Morgan fingerprint density at radius 3 is 2.54 bits per heavy atom. The molecule has 1 aromatic rings. The third kappa shape index (κ3) is 2.04. The SMILES string of the molecule is O=C=NC(=O)c1ccc(F)c(F)c1. The average molecular weight is 183 g/mol. The summed E-state index contributed by atoms with van der Waals surface area (Å²) < 4.78 is 24.9. The van der Waals surface area contributed by atoms with Gasteiger partial charge in [0.25, 0.3) is 5.91 Å². The van der Waals surface area contributed by atoms with Crippen molar-refractivity contribution in [3.05, 3.63) is 35.4 Å². The van der Waals surface area contributed by atoms with Crippen LogP contribution < -0.4 is 0 Å². The van der Waals surface area contributed by atoms with E-state index in [0.29, 0.717) is 6.07 Å². The van der Waals surface area contributed by atoms with Crippen molar-refractivity contribution in [1.29, 1.82) is 0 Å². The number of amides is 1. The molecule has 0 bridgehead atoms. The van der Waals surface area contributed by atoms with Crippen LogP contribution in [0.25, 0.3) is 0 Å². The molecule has 0 fully saturated rings. The molecule has 0 aliphatic carbocycles. The van der Waals surface area contributed by atoms with E-state index in [2.05, 4.69) is 4.99 Å². The van der Waals surface area contributed by atoms with Crippen LogP contribution in [-0.4, -0.2) is 12.0 Å². The number of hydrogen-bond donors (Lipinski definition) is 0. The van der Waals surface area contributed by atoms with Gasteiger partial charge in [-0.3, -0.25) is 4.79 Å². The Kier molecular flexibility index (Phi) is 2.62. The number of rotatable bonds is 1. The Bertz CT molecular complexity index is 397. The maximum absolute atomic E-state index is 12.5. The van der Waals surface area contributed by atoms with Gasteiger partial charge in [-0.25, -0.2) is 13.6 Å². The van der Waals surface area contributed by atoms with Gasteiger partial charge in [-0.15, -0.1) is 4.99 Å². The molecule has 0 aromatic heterocycles. The predicted octanol–water partition coefficient (Wildman–Crippen LogP) is 1.44. The molecule has 66 valence electrons. The highest BCUT2D eigenvalue weighted by Crippen LogP contribution is 2.09. The highest BCUT2D eigenvalue weighted by atomic mass is 19.2. The molecule has 0 unspecified atom stereocenters. The molecule has 0 spiro atoms. The van der Waals surface area contributed by atoms with E-state index in [1.54, 1.807) is 0 Å². The van der Waals surface area contributed by atoms with E-state index >= 15 is 0 Å². The second-order valence-electron chi connectivity index (χ2n) is 2.14. The van der Waals surface area contributed by atoms with Crippen LogP contribution in [-0.2, 0) is 4.79 Å². The Morgan fingerprint density at radius 2 is 2.00 bits per heavy atom. The highest BCUT2D eigenvalue weighted by molar-refractivity contribution is 5.97. The van der Waals surface area contributed by atoms with E-state index < -0.39 is 17.5 Å². The number of halogens is 2. The molecular weight excluding hydrogens is 180 g/mol. The summed E-state index contributed by atoms with van der Waals surface area (Å²) in [4.78, 5) is 23.2. The molecule has 0 aliphatic heterocycles. The van der Waals surface area contributed by atoms with E-state index in [1.807, 2.05) is 0 Å². The summed E-state index contributed by atoms with van der Waals surface area (Å²) in [6, 6.07) is 2.48. The first-order valence-corrected chi connectivity index (χ1v) is 3.22. The van der Waals surface area contributed by atoms with E-state index in [-0.39, 0.29) is 5.56 Å². The van der Waals surface area contributed by atoms with Crippen LogP contribution >= 0.6 is 0 Å². The van der Waals surface area contributed by atoms with E-state index in [1.165, 1.54) is 0 Å². The number of hydrogen-bond acceptors (Lipinski definition) is 2. The molecule has 0 saturated heterocycles. The zero-order chi connectivity index (χ0) is 9.84. The summed E-state index contributed by atoms with van der Waals surface area (Å²) in [5.41, 5.74) is -0.192. The molecule has 1 rings (SSSR count). The van der Waals surface area contributed by atoms with Crippen molar-refractivity contribution in [3.63, 3.8) is 0 Å². The molecule has 0 aliphatic rings. The Balaban J connectivity index is 3.10. The molecule has 3 nitrogen and oxygen atoms in total. The number of carbonyl (C=O) groups is 1. The van der Waals surface area contributed by atoms with Crippen molar-refractivity contribution in [1.82, 2.24) is 0 Å². The zero-order valence-electron chi connectivity index (χ0n) is 6.25. The van der Waals surface area contributed by atoms with E-state index in [4.69, 9.17) is 0 Å². The van der Waals surface area contributed by atoms with Gasteiger partial charge in [0.1, 0.15) is 0 Å². The number of aliphatic imine (C=N–C) groups is 1. The van der Waals surface area contributed by atoms with Crippen LogP contribution in [0.15, 0.2) is 23.2 Å². The number of nitrogens with zero attached hydrogens (tertiary/aromatic N) is 1. The number of isocyanates is 1. The predicted molar refractivity (Wildman–Crippen MR) is 38.8 cm³/mol. The standard InChI is InChI=1S/C8H3F2NO2/c9-6-2-1-5(3-7(6)10)8(13)11-4-12/h1-3H. The summed E-state index contributed by atoms with van der Waals surface area (Å²) in [6.07, 6.45) is 1.01. The van der Waals surface area contributed by atoms with Crippen LogP contribution in [0.4, 0.5) is 8.78 Å². The second-order valence-corrected chi connectivity index (χ2v) is 2.14. The monoisotopic (exact) mass is 183 g/mol. The van der Waals surface area contributed by atoms with Gasteiger partial charge in [-0.2, -0.15) is 0 Å². The fourth-order valence-corrected chi connectivity index (χ4v) is 0.735. The summed E-state index contributed by atoms with van der Waals surface area (Å²) in [5.74, 6) is -3.17. The van der Waals surface area contributed by atoms with Gasteiger partial charge < -0.3 is 0 Å². The van der Waals surface area contributed by atoms with Crippen molar-refractivity contribution < 1.29 is 18.4 Å². The second kappa shape index (κ2) is 3.69. The fraction of sp³-hybridized carbons (Fsp3) is 0. The lowest BCUT2D eigenvalue weighted by Gasteiger charge is -1.94. The largest absolute Gasteiger partial charge is 0.287 e. The maximum atomic E-state index is 12.5. The molecule has 0 heterocycles. The Labute approximate surface area is 71.7 Å². The lowest BCUT2D eigenvalue weighted by molar-refractivity contribution is 0.100. The smallest absolute Gasteiger partial charge is 0.266 e. The zero-order valence-corrected chi connectivity index (χ0v) is 6.25. The molecule has 0 saturated carbocycles. The van der Waals surface area contributed by atoms with Gasteiger partial charge in [0, 0.05) is 5.56 Å². The minimum atomic E-state index is -1.16. The fourth-order valence-electron chi connectivity index (χ4n) is 0.735. The highest BCUT2D eigenvalue weighted by Gasteiger charge is 2.07. The molecular formula is C8H3F2NO2. The summed E-state index contributed by atoms with van der Waals surface area (Å²) in [7, 11) is 0. The summed E-state index contributed by atoms with van der Waals surface area (Å²) >= 11 is 0. The van der Waals surface area contributed by atoms with E-state index in [0.717, 1.165) is 18.2 Å². The first-order chi connectivity index (χ1) is 6.15. The quantitative estimate of drug-likeness (QED) is 0.488. The van der Waals surface area contributed by atoms with Gasteiger partial charge in [0.2, 0.25) is 6.08 Å². The third-order valence-electron chi connectivity index (χ3n) is 1.31. The average Bonchev–Trinajstić information content (AvgIpc) is 2.10. The van der Waals surface area contributed by atoms with Crippen molar-refractivity contribution in [2.24, 2.45) is 4.99 Å². The molecule has 1 amide bonds. The van der Waals surface area contributed by atoms with Crippen LogP contribution in [0, 0.1) is 11.6 Å². The van der Waals surface area contributed by atoms with Crippen LogP contribution in [0.2, 0.25) is 0 Å². The first-order valence-electron chi connectivity index (χ1n) is 3.22. The lowest BCUT2D eigenvalue weighted by Crippen LogP contribution is -1.96. The van der Waals surface area contributed by atoms with Crippen molar-refractivity contribution in [2.45, 2.75) is 0 Å². The molecule has 1 aromatic carbocycles. The van der Waals surface area contributed by atoms with Crippen LogP contribution in [0.3, 0.4) is 0 Å². The van der Waals surface area contributed by atoms with Gasteiger partial charge in [0.15, 0.2) is 11.6 Å². The lowest BCUT2D eigenvalue weighted by atomic mass is 10.2. The van der Waals surface area contributed by atoms with Gasteiger partial charge in [-0.05, 0) is 18.2 Å². The first kappa shape index (κ1) is 9.22. The normalized spacial score (nSPS) is 9.08. The topological polar surface area (TPSA) is 46.5 Å². The third-order valence-corrected chi connectivity index (χ3v) is 1.31. The van der Waals surface area contributed by atoms with Crippen LogP contribution in [0.5, 0.6) is 0 Å². The Morgan fingerprint density at radius 1 is 1.31 bits per heavy atom. The molecule has 0 N–H and O–H groups in total. The maximum Gasteiger partial charge on any atom is 0.287 e. The molecule has 0 atom stereocenters. The molecule has 13 heavy (non-hydrogen) atoms. The summed E-state index contributed by atoms with van der Waals surface area (Å²) in [6.45, 7) is 0. The number of carbonyl (C=O) groups excluding carboxylic acids is 2. The van der Waals surface area contributed by atoms with Gasteiger partial charge in [0.05, 0.1) is 0 Å².